The van der Waals surface area contributed by atoms with Gasteiger partial charge < -0.3 is 15.7 Å². The molecule has 0 fully saturated rings. The van der Waals surface area contributed by atoms with Crippen LogP contribution < -0.4 is 5.73 Å². The average Bonchev–Trinajstić information content (AvgIpc) is 2.71. The molecule has 0 bridgehead atoms. The Bertz CT molecular complexity index is 984. The molecule has 0 saturated carbocycles. The molecule has 27 heavy (non-hydrogen) atoms. The lowest BCUT2D eigenvalue weighted by Crippen LogP contribution is -2.45. The highest BCUT2D eigenvalue weighted by molar-refractivity contribution is 5.92. The van der Waals surface area contributed by atoms with E-state index in [0.29, 0.717) is 23.4 Å². The van der Waals surface area contributed by atoms with E-state index in [-0.39, 0.29) is 5.82 Å². The van der Waals surface area contributed by atoms with Crippen LogP contribution in [0.25, 0.3) is 11.3 Å². The summed E-state index contributed by atoms with van der Waals surface area (Å²) < 4.78 is 0. The van der Waals surface area contributed by atoms with Crippen LogP contribution in [0.4, 0.5) is 0 Å². The molecule has 0 aliphatic heterocycles. The average molecular weight is 362 g/mol. The highest BCUT2D eigenvalue weighted by Gasteiger charge is 2.34. The number of aliphatic hydroxyl groups is 1. The number of hydrogen-bond donors (Lipinski definition) is 2. The standard InChI is InChI=1S/C20H18N4O3/c1-4-20(27,19(26)24(3)5-2)11-9-14-7-6-8-15(13-14)16-10-12-22-18(23-16)17(21)25/h1,6-8,10,12-13,27H,5H2,2-3H3,(H2,21,25). The van der Waals surface area contributed by atoms with Gasteiger partial charge in [-0.05, 0) is 37.0 Å². The zero-order valence-corrected chi connectivity index (χ0v) is 14.9. The number of aromatic nitrogens is 2. The first-order chi connectivity index (χ1) is 12.8. The summed E-state index contributed by atoms with van der Waals surface area (Å²) in [4.78, 5) is 32.6. The van der Waals surface area contributed by atoms with Gasteiger partial charge in [0.15, 0.2) is 0 Å². The molecule has 7 nitrogen and oxygen atoms in total. The van der Waals surface area contributed by atoms with Gasteiger partial charge in [0.1, 0.15) is 0 Å². The van der Waals surface area contributed by atoms with Crippen molar-refractivity contribution in [2.45, 2.75) is 12.5 Å². The molecule has 7 heteroatoms. The second kappa shape index (κ2) is 8.13. The van der Waals surface area contributed by atoms with Crippen molar-refractivity contribution in [1.29, 1.82) is 0 Å². The van der Waals surface area contributed by atoms with Gasteiger partial charge in [0.2, 0.25) is 5.82 Å². The third kappa shape index (κ3) is 4.49. The molecule has 1 aromatic carbocycles. The van der Waals surface area contributed by atoms with Crippen molar-refractivity contribution < 1.29 is 14.7 Å². The van der Waals surface area contributed by atoms with Gasteiger partial charge in [0.05, 0.1) is 5.69 Å². The molecule has 136 valence electrons. The maximum Gasteiger partial charge on any atom is 0.286 e. The SMILES string of the molecule is C#CC(O)(C#Cc1cccc(-c2ccnc(C(N)=O)n2)c1)C(=O)N(C)CC. The summed E-state index contributed by atoms with van der Waals surface area (Å²) in [5.41, 5.74) is 4.63. The van der Waals surface area contributed by atoms with Crippen LogP contribution in [0.15, 0.2) is 36.5 Å². The van der Waals surface area contributed by atoms with Crippen LogP contribution >= 0.6 is 0 Å². The maximum absolute atomic E-state index is 12.2. The Morgan fingerprint density at radius 2 is 2.11 bits per heavy atom. The molecule has 1 heterocycles. The van der Waals surface area contributed by atoms with E-state index in [1.165, 1.54) is 18.1 Å². The van der Waals surface area contributed by atoms with Crippen molar-refractivity contribution in [2.24, 2.45) is 5.73 Å². The number of primary amides is 1. The van der Waals surface area contributed by atoms with Gasteiger partial charge in [0, 0.05) is 30.9 Å². The molecular formula is C20H18N4O3. The van der Waals surface area contributed by atoms with Crippen LogP contribution in [0.5, 0.6) is 0 Å². The summed E-state index contributed by atoms with van der Waals surface area (Å²) in [6.45, 7) is 2.14. The molecule has 0 radical (unpaired) electrons. The van der Waals surface area contributed by atoms with Crippen molar-refractivity contribution in [3.63, 3.8) is 0 Å². The number of carbonyl (C=O) groups excluding carboxylic acids is 2. The summed E-state index contributed by atoms with van der Waals surface area (Å²) in [7, 11) is 1.53. The summed E-state index contributed by atoms with van der Waals surface area (Å²) in [5, 5.41) is 10.4. The number of rotatable bonds is 4. The summed E-state index contributed by atoms with van der Waals surface area (Å²) in [5.74, 6) is 5.73. The van der Waals surface area contributed by atoms with Crippen LogP contribution in [-0.2, 0) is 4.79 Å². The monoisotopic (exact) mass is 362 g/mol. The fraction of sp³-hybridized carbons (Fsp3) is 0.200. The molecular weight excluding hydrogens is 344 g/mol. The number of nitrogens with two attached hydrogens (primary N) is 1. The van der Waals surface area contributed by atoms with E-state index in [9.17, 15) is 14.7 Å². The highest BCUT2D eigenvalue weighted by atomic mass is 16.3. The molecule has 3 N–H and O–H groups in total. The Balaban J connectivity index is 2.38. The van der Waals surface area contributed by atoms with Crippen molar-refractivity contribution in [3.8, 4) is 35.4 Å². The van der Waals surface area contributed by atoms with E-state index in [2.05, 4.69) is 21.8 Å². The molecule has 2 amide bonds. The number of terminal acetylenes is 1. The first-order valence-corrected chi connectivity index (χ1v) is 8.03. The quantitative estimate of drug-likeness (QED) is 0.767. The summed E-state index contributed by atoms with van der Waals surface area (Å²) in [6, 6.07) is 8.49. The lowest BCUT2D eigenvalue weighted by atomic mass is 10.0. The Hall–Kier alpha value is -3.68. The van der Waals surface area contributed by atoms with Gasteiger partial charge in [-0.3, -0.25) is 9.59 Å². The topological polar surface area (TPSA) is 109 Å². The second-order valence-corrected chi connectivity index (χ2v) is 5.63. The fourth-order valence-corrected chi connectivity index (χ4v) is 2.13. The molecule has 0 spiro atoms. The van der Waals surface area contributed by atoms with Crippen LogP contribution in [0.2, 0.25) is 0 Å². The van der Waals surface area contributed by atoms with E-state index >= 15 is 0 Å². The van der Waals surface area contributed by atoms with Gasteiger partial charge in [-0.1, -0.05) is 18.1 Å². The molecule has 1 aromatic heterocycles. The van der Waals surface area contributed by atoms with Crippen LogP contribution in [0.1, 0.15) is 23.1 Å². The predicted octanol–water partition coefficient (Wildman–Crippen LogP) is 0.437. The van der Waals surface area contributed by atoms with Gasteiger partial charge in [-0.25, -0.2) is 9.97 Å². The Labute approximate surface area is 157 Å². The van der Waals surface area contributed by atoms with E-state index in [1.54, 1.807) is 37.3 Å². The van der Waals surface area contributed by atoms with Gasteiger partial charge >= 0.3 is 0 Å². The predicted molar refractivity (Wildman–Crippen MR) is 100.0 cm³/mol. The van der Waals surface area contributed by atoms with Crippen molar-refractivity contribution in [3.05, 3.63) is 47.9 Å². The molecule has 0 aliphatic carbocycles. The molecule has 0 aliphatic rings. The molecule has 2 aromatic rings. The highest BCUT2D eigenvalue weighted by Crippen LogP contribution is 2.18. The third-order valence-corrected chi connectivity index (χ3v) is 3.76. The Kier molecular flexibility index (Phi) is 5.92. The van der Waals surface area contributed by atoms with Gasteiger partial charge in [-0.15, -0.1) is 6.42 Å². The molecule has 1 atom stereocenters. The number of amides is 2. The number of nitrogens with zero attached hydrogens (tertiary/aromatic N) is 3. The van der Waals surface area contributed by atoms with Crippen LogP contribution in [0, 0.1) is 24.2 Å². The van der Waals surface area contributed by atoms with E-state index in [0.717, 1.165) is 0 Å². The third-order valence-electron chi connectivity index (χ3n) is 3.76. The zero-order valence-electron chi connectivity index (χ0n) is 14.9. The first kappa shape index (κ1) is 19.6. The molecule has 1 unspecified atom stereocenters. The smallest absolute Gasteiger partial charge is 0.286 e. The van der Waals surface area contributed by atoms with Gasteiger partial charge in [0.25, 0.3) is 17.4 Å². The van der Waals surface area contributed by atoms with Crippen LogP contribution in [0.3, 0.4) is 0 Å². The zero-order chi connectivity index (χ0) is 20.0. The normalized spacial score (nSPS) is 12.1. The van der Waals surface area contributed by atoms with Gasteiger partial charge in [-0.2, -0.15) is 0 Å². The van der Waals surface area contributed by atoms with E-state index in [4.69, 9.17) is 12.2 Å². The minimum Gasteiger partial charge on any atom is -0.363 e. The minimum atomic E-state index is -2.21. The Morgan fingerprint density at radius 3 is 2.74 bits per heavy atom. The summed E-state index contributed by atoms with van der Waals surface area (Å²) in [6.07, 6.45) is 6.75. The Morgan fingerprint density at radius 1 is 1.37 bits per heavy atom. The van der Waals surface area contributed by atoms with Crippen LogP contribution in [-0.4, -0.2) is 51.0 Å². The summed E-state index contributed by atoms with van der Waals surface area (Å²) >= 11 is 0. The van der Waals surface area contributed by atoms with E-state index in [1.807, 2.05) is 5.92 Å². The van der Waals surface area contributed by atoms with Crippen molar-refractivity contribution in [1.82, 2.24) is 14.9 Å². The fourth-order valence-electron chi connectivity index (χ4n) is 2.13. The molecule has 2 rings (SSSR count). The van der Waals surface area contributed by atoms with E-state index < -0.39 is 17.4 Å². The number of likely N-dealkylation sites (N-methyl/N-ethyl adjacent to an activating group) is 1. The van der Waals surface area contributed by atoms with Crippen molar-refractivity contribution in [2.75, 3.05) is 13.6 Å². The number of hydrogen-bond acceptors (Lipinski definition) is 5. The lowest BCUT2D eigenvalue weighted by molar-refractivity contribution is -0.139. The largest absolute Gasteiger partial charge is 0.363 e. The first-order valence-electron chi connectivity index (χ1n) is 8.03. The number of carbonyl (C=O) groups is 2. The lowest BCUT2D eigenvalue weighted by Gasteiger charge is -2.21. The number of benzene rings is 1. The van der Waals surface area contributed by atoms with Crippen molar-refractivity contribution >= 4 is 11.8 Å². The second-order valence-electron chi connectivity index (χ2n) is 5.63. The molecule has 0 saturated heterocycles. The maximum atomic E-state index is 12.2. The minimum absolute atomic E-state index is 0.0982.